The third-order valence-electron chi connectivity index (χ3n) is 5.62. The Morgan fingerprint density at radius 1 is 1.09 bits per heavy atom. The molecule has 5 heteroatoms. The summed E-state index contributed by atoms with van der Waals surface area (Å²) in [5.74, 6) is 1.49. The van der Waals surface area contributed by atoms with E-state index in [4.69, 9.17) is 0 Å². The highest BCUT2D eigenvalue weighted by Gasteiger charge is 2.40. The first kappa shape index (κ1) is 14.5. The average molecular weight is 310 g/mol. The van der Waals surface area contributed by atoms with E-state index < -0.39 is 0 Å². The van der Waals surface area contributed by atoms with Crippen LogP contribution in [0, 0.1) is 17.8 Å². The molecule has 2 aliphatic heterocycles. The second-order valence-electron chi connectivity index (χ2n) is 6.95. The molecule has 5 nitrogen and oxygen atoms in total. The number of carbonyl (C=O) groups excluding carboxylic acids is 1. The van der Waals surface area contributed by atoms with Crippen molar-refractivity contribution in [2.45, 2.75) is 45.1 Å². The average Bonchev–Trinajstić information content (AvgIpc) is 2.90. The van der Waals surface area contributed by atoms with E-state index >= 15 is 0 Å². The van der Waals surface area contributed by atoms with Gasteiger partial charge < -0.3 is 5.32 Å². The Morgan fingerprint density at radius 2 is 1.96 bits per heavy atom. The Morgan fingerprint density at radius 3 is 2.78 bits per heavy atom. The first-order chi connectivity index (χ1) is 11.2. The van der Waals surface area contributed by atoms with Gasteiger partial charge >= 0.3 is 0 Å². The summed E-state index contributed by atoms with van der Waals surface area (Å²) in [6.07, 6.45) is 6.74. The summed E-state index contributed by atoms with van der Waals surface area (Å²) in [6.45, 7) is 2.09. The molecule has 0 aromatic carbocycles. The number of hydrogen-bond acceptors (Lipinski definition) is 4. The van der Waals surface area contributed by atoms with Gasteiger partial charge in [-0.3, -0.25) is 9.78 Å². The maximum absolute atomic E-state index is 11.7. The summed E-state index contributed by atoms with van der Waals surface area (Å²) < 4.78 is 0. The highest BCUT2D eigenvalue weighted by molar-refractivity contribution is 6.05. The molecule has 120 valence electrons. The fourth-order valence-electron chi connectivity index (χ4n) is 4.39. The molecule has 1 aromatic rings. The van der Waals surface area contributed by atoms with Gasteiger partial charge in [0.1, 0.15) is 0 Å². The lowest BCUT2D eigenvalue weighted by atomic mass is 9.72. The van der Waals surface area contributed by atoms with Gasteiger partial charge in [0.25, 0.3) is 0 Å². The van der Waals surface area contributed by atoms with E-state index in [0.717, 1.165) is 42.8 Å². The second-order valence-corrected chi connectivity index (χ2v) is 6.95. The number of carbonyl (C=O) groups is 1. The summed E-state index contributed by atoms with van der Waals surface area (Å²) in [5, 5.41) is 12.1. The van der Waals surface area contributed by atoms with Crippen LogP contribution in [0.15, 0.2) is 34.6 Å². The van der Waals surface area contributed by atoms with Crippen LogP contribution in [0.2, 0.25) is 0 Å². The Bertz CT molecular complexity index is 667. The van der Waals surface area contributed by atoms with E-state index in [1.807, 2.05) is 24.4 Å². The molecule has 1 aromatic heterocycles. The standard InChI is InChI=1S/C18H22N4O/c1-11-13-7-8-15-12(10-17(23)20-15)5-6-14(13)18(22-21-11)16-4-2-3-9-19-16/h2-4,9,12-15H,5-8,10H2,1H3,(H,20,23). The van der Waals surface area contributed by atoms with Gasteiger partial charge in [-0.15, -0.1) is 0 Å². The van der Waals surface area contributed by atoms with E-state index in [2.05, 4.69) is 27.4 Å². The van der Waals surface area contributed by atoms with E-state index in [1.54, 1.807) is 0 Å². The van der Waals surface area contributed by atoms with Crippen molar-refractivity contribution in [3.8, 4) is 0 Å². The summed E-state index contributed by atoms with van der Waals surface area (Å²) >= 11 is 0. The minimum Gasteiger partial charge on any atom is -0.353 e. The van der Waals surface area contributed by atoms with Crippen LogP contribution in [0.4, 0.5) is 0 Å². The Balaban J connectivity index is 1.63. The predicted octanol–water partition coefficient (Wildman–Crippen LogP) is 2.57. The molecule has 0 spiro atoms. The van der Waals surface area contributed by atoms with Gasteiger partial charge in [-0.2, -0.15) is 10.2 Å². The fourth-order valence-corrected chi connectivity index (χ4v) is 4.39. The van der Waals surface area contributed by atoms with Gasteiger partial charge in [0, 0.05) is 36.2 Å². The second kappa shape index (κ2) is 5.87. The van der Waals surface area contributed by atoms with Gasteiger partial charge in [0.05, 0.1) is 11.4 Å². The van der Waals surface area contributed by atoms with E-state index in [0.29, 0.717) is 30.2 Å². The highest BCUT2D eigenvalue weighted by atomic mass is 16.2. The Hall–Kier alpha value is -2.04. The molecular formula is C18H22N4O. The van der Waals surface area contributed by atoms with Crippen molar-refractivity contribution in [2.24, 2.45) is 28.0 Å². The van der Waals surface area contributed by atoms with Crippen LogP contribution in [-0.2, 0) is 4.79 Å². The molecule has 4 atom stereocenters. The first-order valence-corrected chi connectivity index (χ1v) is 8.55. The summed E-state index contributed by atoms with van der Waals surface area (Å²) in [5.41, 5.74) is 3.09. The van der Waals surface area contributed by atoms with Crippen LogP contribution in [0.25, 0.3) is 0 Å². The lowest BCUT2D eigenvalue weighted by Gasteiger charge is -2.35. The van der Waals surface area contributed by atoms with E-state index in [1.165, 1.54) is 0 Å². The minimum atomic E-state index is 0.217. The van der Waals surface area contributed by atoms with Gasteiger partial charge in [-0.05, 0) is 50.7 Å². The summed E-state index contributed by atoms with van der Waals surface area (Å²) in [4.78, 5) is 16.2. The zero-order valence-electron chi connectivity index (χ0n) is 13.4. The molecule has 3 aliphatic rings. The predicted molar refractivity (Wildman–Crippen MR) is 89.4 cm³/mol. The van der Waals surface area contributed by atoms with Crippen molar-refractivity contribution < 1.29 is 4.79 Å². The van der Waals surface area contributed by atoms with Crippen LogP contribution in [-0.4, -0.2) is 28.4 Å². The number of fused-ring (bicyclic) bond motifs is 2. The largest absolute Gasteiger partial charge is 0.353 e. The van der Waals surface area contributed by atoms with E-state index in [9.17, 15) is 4.79 Å². The maximum Gasteiger partial charge on any atom is 0.220 e. The lowest BCUT2D eigenvalue weighted by Crippen LogP contribution is -2.38. The molecule has 1 N–H and O–H groups in total. The third-order valence-corrected chi connectivity index (χ3v) is 5.62. The number of rotatable bonds is 1. The minimum absolute atomic E-state index is 0.217. The van der Waals surface area contributed by atoms with Crippen molar-refractivity contribution in [1.29, 1.82) is 0 Å². The molecule has 0 radical (unpaired) electrons. The zero-order chi connectivity index (χ0) is 15.8. The number of nitrogens with zero attached hydrogens (tertiary/aromatic N) is 3. The fraction of sp³-hybridized carbons (Fsp3) is 0.556. The number of hydrogen-bond donors (Lipinski definition) is 1. The Labute approximate surface area is 136 Å². The third kappa shape index (κ3) is 2.69. The molecule has 23 heavy (non-hydrogen) atoms. The van der Waals surface area contributed by atoms with E-state index in [-0.39, 0.29) is 5.91 Å². The van der Waals surface area contributed by atoms with Crippen LogP contribution in [0.5, 0.6) is 0 Å². The quantitative estimate of drug-likeness (QED) is 0.866. The van der Waals surface area contributed by atoms with Crippen molar-refractivity contribution in [2.75, 3.05) is 0 Å². The van der Waals surface area contributed by atoms with Crippen LogP contribution in [0.1, 0.15) is 44.7 Å². The molecule has 0 bridgehead atoms. The molecule has 1 saturated carbocycles. The number of pyridine rings is 1. The maximum atomic E-state index is 11.7. The molecule has 3 heterocycles. The van der Waals surface area contributed by atoms with Crippen molar-refractivity contribution in [3.63, 3.8) is 0 Å². The van der Waals surface area contributed by atoms with Gasteiger partial charge in [-0.25, -0.2) is 0 Å². The first-order valence-electron chi connectivity index (χ1n) is 8.55. The number of amides is 1. The van der Waals surface area contributed by atoms with Crippen LogP contribution >= 0.6 is 0 Å². The van der Waals surface area contributed by atoms with Crippen LogP contribution in [0.3, 0.4) is 0 Å². The molecule has 2 fully saturated rings. The number of aromatic nitrogens is 1. The van der Waals surface area contributed by atoms with Crippen LogP contribution < -0.4 is 5.32 Å². The van der Waals surface area contributed by atoms with Gasteiger partial charge in [0.2, 0.25) is 5.91 Å². The Kier molecular flexibility index (Phi) is 3.71. The summed E-state index contributed by atoms with van der Waals surface area (Å²) in [6, 6.07) is 6.31. The summed E-state index contributed by atoms with van der Waals surface area (Å²) in [7, 11) is 0. The monoisotopic (exact) mass is 310 g/mol. The molecule has 1 aliphatic carbocycles. The molecule has 4 unspecified atom stereocenters. The molecule has 4 rings (SSSR count). The van der Waals surface area contributed by atoms with Crippen molar-refractivity contribution >= 4 is 17.3 Å². The number of nitrogens with one attached hydrogen (secondary N) is 1. The van der Waals surface area contributed by atoms with Crippen molar-refractivity contribution in [1.82, 2.24) is 10.3 Å². The smallest absolute Gasteiger partial charge is 0.220 e. The van der Waals surface area contributed by atoms with Gasteiger partial charge in [-0.1, -0.05) is 6.07 Å². The normalized spacial score (nSPS) is 33.5. The topological polar surface area (TPSA) is 66.7 Å². The zero-order valence-corrected chi connectivity index (χ0v) is 13.4. The molecule has 1 amide bonds. The SMILES string of the molecule is CC1=NN=C(c2ccccn2)C2CCC3CC(=O)NC3CCC12. The molecule has 1 saturated heterocycles. The van der Waals surface area contributed by atoms with Gasteiger partial charge in [0.15, 0.2) is 0 Å². The highest BCUT2D eigenvalue weighted by Crippen LogP contribution is 2.38. The van der Waals surface area contributed by atoms with Crippen molar-refractivity contribution in [3.05, 3.63) is 30.1 Å². The lowest BCUT2D eigenvalue weighted by molar-refractivity contribution is -0.119. The molecular weight excluding hydrogens is 288 g/mol.